The number of rotatable bonds is 32. The van der Waals surface area contributed by atoms with Gasteiger partial charge in [-0.05, 0) is 25.7 Å². The molecule has 1 fully saturated rings. The summed E-state index contributed by atoms with van der Waals surface area (Å²) in [6, 6.07) is 0. The van der Waals surface area contributed by atoms with Crippen molar-refractivity contribution in [3.05, 3.63) is 0 Å². The third-order valence-corrected chi connectivity index (χ3v) is 9.23. The number of hydrogen-bond donors (Lipinski definition) is 2. The van der Waals surface area contributed by atoms with Crippen LogP contribution in [0.25, 0.3) is 0 Å². The first kappa shape index (κ1) is 41.8. The first-order chi connectivity index (χ1) is 21.6. The van der Waals surface area contributed by atoms with E-state index in [-0.39, 0.29) is 0 Å². The Hall–Kier alpha value is -0.240. The van der Waals surface area contributed by atoms with Crippen molar-refractivity contribution < 1.29 is 29.2 Å². The van der Waals surface area contributed by atoms with Crippen LogP contribution in [0.3, 0.4) is 0 Å². The van der Waals surface area contributed by atoms with Gasteiger partial charge in [-0.3, -0.25) is 0 Å². The quantitative estimate of drug-likeness (QED) is 0.0722. The molecule has 6 atom stereocenters. The molecule has 1 aliphatic carbocycles. The van der Waals surface area contributed by atoms with Crippen LogP contribution in [0.5, 0.6) is 0 Å². The van der Waals surface area contributed by atoms with E-state index in [2.05, 4.69) is 27.7 Å². The lowest BCUT2D eigenvalue weighted by molar-refractivity contribution is -0.266. The van der Waals surface area contributed by atoms with E-state index in [9.17, 15) is 10.2 Å². The summed E-state index contributed by atoms with van der Waals surface area (Å²) >= 11 is 0. The Balaban J connectivity index is 2.90. The van der Waals surface area contributed by atoms with Gasteiger partial charge in [-0.25, -0.2) is 0 Å². The van der Waals surface area contributed by atoms with Gasteiger partial charge in [0.05, 0.1) is 0 Å². The molecule has 0 aromatic heterocycles. The predicted molar refractivity (Wildman–Crippen MR) is 184 cm³/mol. The molecule has 1 aliphatic rings. The predicted octanol–water partition coefficient (Wildman–Crippen LogP) is 9.70. The van der Waals surface area contributed by atoms with Crippen molar-refractivity contribution in [1.82, 2.24) is 0 Å². The van der Waals surface area contributed by atoms with E-state index in [4.69, 9.17) is 18.9 Å². The summed E-state index contributed by atoms with van der Waals surface area (Å²) in [5.41, 5.74) is 0. The maximum Gasteiger partial charge on any atom is 0.115 e. The zero-order chi connectivity index (χ0) is 32.1. The van der Waals surface area contributed by atoms with Gasteiger partial charge in [-0.15, -0.1) is 0 Å². The Labute approximate surface area is 273 Å². The number of hydrogen-bond acceptors (Lipinski definition) is 6. The lowest BCUT2D eigenvalue weighted by atomic mass is 9.84. The minimum atomic E-state index is -1.06. The second-order valence-electron chi connectivity index (χ2n) is 13.4. The van der Waals surface area contributed by atoms with E-state index in [0.29, 0.717) is 26.4 Å². The van der Waals surface area contributed by atoms with E-state index in [1.807, 2.05) is 0 Å². The molecule has 44 heavy (non-hydrogen) atoms. The minimum Gasteiger partial charge on any atom is -0.387 e. The fourth-order valence-corrected chi connectivity index (χ4v) is 6.32. The smallest absolute Gasteiger partial charge is 0.115 e. The van der Waals surface area contributed by atoms with Crippen LogP contribution in [0.1, 0.15) is 182 Å². The van der Waals surface area contributed by atoms with Crippen LogP contribution in [-0.4, -0.2) is 73.3 Å². The third kappa shape index (κ3) is 19.4. The van der Waals surface area contributed by atoms with Gasteiger partial charge in [0.15, 0.2) is 0 Å². The van der Waals surface area contributed by atoms with Crippen molar-refractivity contribution >= 4 is 0 Å². The summed E-state index contributed by atoms with van der Waals surface area (Å²) in [4.78, 5) is 0. The van der Waals surface area contributed by atoms with E-state index in [1.165, 1.54) is 103 Å². The van der Waals surface area contributed by atoms with Gasteiger partial charge in [-0.2, -0.15) is 0 Å². The SMILES string of the molecule is CCCCCCCCO[C@@H]1[C@@H](OCCCCCCCC)[C@H](OCCCCCCCC)[C@@H](O)[C@@H](O)[C@H]1OCCCCCCCC. The zero-order valence-electron chi connectivity index (χ0n) is 29.8. The molecular weight excluding hydrogens is 552 g/mol. The van der Waals surface area contributed by atoms with Crippen molar-refractivity contribution in [2.75, 3.05) is 26.4 Å². The average molecular weight is 629 g/mol. The van der Waals surface area contributed by atoms with Gasteiger partial charge < -0.3 is 29.2 Å². The molecule has 0 bridgehead atoms. The summed E-state index contributed by atoms with van der Waals surface area (Å²) in [5, 5.41) is 22.7. The Morgan fingerprint density at radius 1 is 0.295 bits per heavy atom. The van der Waals surface area contributed by atoms with Crippen molar-refractivity contribution in [3.63, 3.8) is 0 Å². The van der Waals surface area contributed by atoms with E-state index in [0.717, 1.165) is 51.4 Å². The fraction of sp³-hybridized carbons (Fsp3) is 1.00. The Morgan fingerprint density at radius 2 is 0.500 bits per heavy atom. The van der Waals surface area contributed by atoms with Gasteiger partial charge in [0.25, 0.3) is 0 Å². The Kier molecular flexibility index (Phi) is 28.6. The first-order valence-electron chi connectivity index (χ1n) is 19.4. The molecule has 0 unspecified atom stereocenters. The largest absolute Gasteiger partial charge is 0.387 e. The van der Waals surface area contributed by atoms with Crippen LogP contribution in [-0.2, 0) is 18.9 Å². The second-order valence-corrected chi connectivity index (χ2v) is 13.4. The second kappa shape index (κ2) is 30.1. The molecule has 1 rings (SSSR count). The van der Waals surface area contributed by atoms with Crippen molar-refractivity contribution in [1.29, 1.82) is 0 Å². The zero-order valence-corrected chi connectivity index (χ0v) is 29.8. The minimum absolute atomic E-state index is 0.459. The highest BCUT2D eigenvalue weighted by molar-refractivity contribution is 5.02. The van der Waals surface area contributed by atoms with E-state index in [1.54, 1.807) is 0 Å². The fourth-order valence-electron chi connectivity index (χ4n) is 6.32. The lowest BCUT2D eigenvalue weighted by Gasteiger charge is -2.47. The number of unbranched alkanes of at least 4 members (excludes halogenated alkanes) is 20. The summed E-state index contributed by atoms with van der Waals surface area (Å²) < 4.78 is 25.8. The maximum atomic E-state index is 11.4. The normalized spacial score (nSPS) is 23.9. The topological polar surface area (TPSA) is 77.4 Å². The standard InChI is InChI=1S/C38H76O6/c1-5-9-13-17-21-25-29-41-35-33(39)34(40)36(42-30-26-22-18-14-10-6-2)38(44-32-28-24-20-16-12-8-4)37(35)43-31-27-23-19-15-11-7-3/h33-40H,5-32H2,1-4H3/t33-,34+,35-,36-,37+,38+/m1/s1. The first-order valence-corrected chi connectivity index (χ1v) is 19.4. The lowest BCUT2D eigenvalue weighted by Crippen LogP contribution is -2.66. The molecule has 6 heteroatoms. The maximum absolute atomic E-state index is 11.4. The molecule has 2 N–H and O–H groups in total. The highest BCUT2D eigenvalue weighted by atomic mass is 16.6. The summed E-state index contributed by atoms with van der Waals surface area (Å²) in [5.74, 6) is 0. The van der Waals surface area contributed by atoms with Crippen molar-refractivity contribution in [2.45, 2.75) is 218 Å². The third-order valence-electron chi connectivity index (χ3n) is 9.23. The molecule has 6 nitrogen and oxygen atoms in total. The monoisotopic (exact) mass is 629 g/mol. The summed E-state index contributed by atoms with van der Waals surface area (Å²) in [6.45, 7) is 11.3. The van der Waals surface area contributed by atoms with E-state index >= 15 is 0 Å². The van der Waals surface area contributed by atoms with Crippen LogP contribution in [0.4, 0.5) is 0 Å². The Morgan fingerprint density at radius 3 is 0.750 bits per heavy atom. The summed E-state index contributed by atoms with van der Waals surface area (Å²) in [7, 11) is 0. The number of aliphatic hydroxyl groups excluding tert-OH is 2. The molecule has 264 valence electrons. The molecule has 0 aromatic carbocycles. The molecule has 0 aliphatic heterocycles. The molecule has 1 saturated carbocycles. The van der Waals surface area contributed by atoms with Crippen LogP contribution in [0, 0.1) is 0 Å². The van der Waals surface area contributed by atoms with Crippen LogP contribution in [0.2, 0.25) is 0 Å². The molecule has 0 amide bonds. The van der Waals surface area contributed by atoms with Gasteiger partial charge in [0, 0.05) is 26.4 Å². The molecule has 0 spiro atoms. The highest BCUT2D eigenvalue weighted by Crippen LogP contribution is 2.31. The van der Waals surface area contributed by atoms with Crippen molar-refractivity contribution in [2.24, 2.45) is 0 Å². The van der Waals surface area contributed by atoms with E-state index < -0.39 is 36.6 Å². The Bertz CT molecular complexity index is 540. The van der Waals surface area contributed by atoms with Gasteiger partial charge in [-0.1, -0.05) is 156 Å². The van der Waals surface area contributed by atoms with Crippen LogP contribution >= 0.6 is 0 Å². The summed E-state index contributed by atoms with van der Waals surface area (Å²) in [6.07, 6.45) is 24.1. The molecule has 0 heterocycles. The van der Waals surface area contributed by atoms with Crippen LogP contribution < -0.4 is 0 Å². The number of aliphatic hydroxyl groups is 2. The molecular formula is C38H76O6. The molecule has 0 aromatic rings. The molecule has 0 radical (unpaired) electrons. The van der Waals surface area contributed by atoms with Crippen molar-refractivity contribution in [3.8, 4) is 0 Å². The molecule has 0 saturated heterocycles. The van der Waals surface area contributed by atoms with Crippen LogP contribution in [0.15, 0.2) is 0 Å². The van der Waals surface area contributed by atoms with Gasteiger partial charge in [0.2, 0.25) is 0 Å². The van der Waals surface area contributed by atoms with Gasteiger partial charge >= 0.3 is 0 Å². The number of ether oxygens (including phenoxy) is 4. The highest BCUT2D eigenvalue weighted by Gasteiger charge is 2.52. The average Bonchev–Trinajstić information content (AvgIpc) is 3.03. The van der Waals surface area contributed by atoms with Gasteiger partial charge in [0.1, 0.15) is 36.6 Å².